The molecule has 6 nitrogen and oxygen atoms in total. The fraction of sp³-hybridized carbons (Fsp3) is 0.238. The van der Waals surface area contributed by atoms with Gasteiger partial charge in [-0.05, 0) is 55.3 Å². The molecule has 1 N–H and O–H groups in total. The smallest absolute Gasteiger partial charge is 0.286 e. The van der Waals surface area contributed by atoms with Gasteiger partial charge < -0.3 is 10.2 Å². The first-order chi connectivity index (χ1) is 14.5. The molecule has 4 rings (SSSR count). The molecule has 1 fully saturated rings. The minimum Gasteiger partial charge on any atom is -0.339 e. The third-order valence-electron chi connectivity index (χ3n) is 4.94. The minimum absolute atomic E-state index is 0.107. The molecule has 0 unspecified atom stereocenters. The van der Waals surface area contributed by atoms with Gasteiger partial charge in [-0.2, -0.15) is 0 Å². The quantitative estimate of drug-likeness (QED) is 0.679. The Bertz CT molecular complexity index is 1060. The first-order valence-electron chi connectivity index (χ1n) is 9.45. The van der Waals surface area contributed by atoms with Crippen molar-refractivity contribution < 1.29 is 18.4 Å². The molecule has 1 aliphatic heterocycles. The second-order valence-corrected chi connectivity index (χ2v) is 7.99. The molecule has 0 bridgehead atoms. The number of hydrogen-bond donors (Lipinski definition) is 1. The molecule has 2 heterocycles. The average Bonchev–Trinajstić information content (AvgIpc) is 3.24. The summed E-state index contributed by atoms with van der Waals surface area (Å²) in [6.07, 6.45) is 1.40. The molecular formula is C21H18F2N4O2S. The molecule has 0 spiro atoms. The zero-order valence-electron chi connectivity index (χ0n) is 15.8. The zero-order valence-corrected chi connectivity index (χ0v) is 16.7. The van der Waals surface area contributed by atoms with Crippen LogP contribution >= 0.6 is 11.3 Å². The van der Waals surface area contributed by atoms with Crippen LogP contribution < -0.4 is 5.32 Å². The van der Waals surface area contributed by atoms with E-state index in [-0.39, 0.29) is 22.6 Å². The van der Waals surface area contributed by atoms with E-state index in [4.69, 9.17) is 0 Å². The molecular weight excluding hydrogens is 410 g/mol. The summed E-state index contributed by atoms with van der Waals surface area (Å²) in [5, 5.41) is 11.7. The molecule has 1 aliphatic rings. The number of halogens is 2. The van der Waals surface area contributed by atoms with Crippen LogP contribution in [0.5, 0.6) is 0 Å². The minimum atomic E-state index is -0.437. The number of aromatic nitrogens is 2. The summed E-state index contributed by atoms with van der Waals surface area (Å²) < 4.78 is 26.3. The Labute approximate surface area is 175 Å². The van der Waals surface area contributed by atoms with Crippen molar-refractivity contribution in [2.24, 2.45) is 0 Å². The van der Waals surface area contributed by atoms with Crippen LogP contribution in [0.25, 0.3) is 0 Å². The van der Waals surface area contributed by atoms with Gasteiger partial charge in [-0.25, -0.2) is 8.78 Å². The Morgan fingerprint density at radius 1 is 1.00 bits per heavy atom. The van der Waals surface area contributed by atoms with Crippen molar-refractivity contribution in [2.45, 2.75) is 18.8 Å². The van der Waals surface area contributed by atoms with Gasteiger partial charge in [0.05, 0.1) is 0 Å². The monoisotopic (exact) mass is 428 g/mol. The summed E-state index contributed by atoms with van der Waals surface area (Å²) in [7, 11) is 0. The fourth-order valence-corrected chi connectivity index (χ4v) is 4.25. The number of hydrogen-bond acceptors (Lipinski definition) is 5. The maximum absolute atomic E-state index is 13.3. The number of rotatable bonds is 4. The van der Waals surface area contributed by atoms with E-state index >= 15 is 0 Å². The van der Waals surface area contributed by atoms with E-state index in [1.165, 1.54) is 53.8 Å². The van der Waals surface area contributed by atoms with Crippen LogP contribution in [-0.2, 0) is 0 Å². The van der Waals surface area contributed by atoms with Gasteiger partial charge in [0.15, 0.2) is 0 Å². The predicted molar refractivity (Wildman–Crippen MR) is 109 cm³/mol. The van der Waals surface area contributed by atoms with Crippen LogP contribution in [0, 0.1) is 11.6 Å². The van der Waals surface area contributed by atoms with Crippen molar-refractivity contribution in [3.8, 4) is 0 Å². The summed E-state index contributed by atoms with van der Waals surface area (Å²) in [5.74, 6) is -1.27. The maximum Gasteiger partial charge on any atom is 0.286 e. The van der Waals surface area contributed by atoms with Crippen molar-refractivity contribution >= 4 is 28.8 Å². The SMILES string of the molecule is O=C(Nc1cccc(F)c1)c1nnc(C2CCN(C(=O)c3ccc(F)cc3)CC2)s1. The second-order valence-electron chi connectivity index (χ2n) is 6.98. The highest BCUT2D eigenvalue weighted by Crippen LogP contribution is 2.31. The number of nitrogens with one attached hydrogen (secondary N) is 1. The lowest BCUT2D eigenvalue weighted by molar-refractivity contribution is 0.0712. The molecule has 0 aliphatic carbocycles. The van der Waals surface area contributed by atoms with E-state index in [1.54, 1.807) is 11.0 Å². The lowest BCUT2D eigenvalue weighted by Gasteiger charge is -2.31. The molecule has 1 aromatic heterocycles. The first-order valence-corrected chi connectivity index (χ1v) is 10.3. The Morgan fingerprint density at radius 3 is 2.43 bits per heavy atom. The van der Waals surface area contributed by atoms with Gasteiger partial charge in [-0.3, -0.25) is 9.59 Å². The summed E-state index contributed by atoms with van der Waals surface area (Å²) in [4.78, 5) is 26.6. The predicted octanol–water partition coefficient (Wildman–Crippen LogP) is 4.09. The molecule has 30 heavy (non-hydrogen) atoms. The van der Waals surface area contributed by atoms with Gasteiger partial charge in [0.2, 0.25) is 5.01 Å². The maximum atomic E-state index is 13.3. The van der Waals surface area contributed by atoms with E-state index in [9.17, 15) is 18.4 Å². The number of anilines is 1. The van der Waals surface area contributed by atoms with Gasteiger partial charge in [-0.15, -0.1) is 10.2 Å². The lowest BCUT2D eigenvalue weighted by Crippen LogP contribution is -2.37. The number of nitrogens with zero attached hydrogens (tertiary/aromatic N) is 3. The number of amides is 2. The Balaban J connectivity index is 1.35. The number of carbonyl (C=O) groups is 2. The number of carbonyl (C=O) groups excluding carboxylic acids is 2. The van der Waals surface area contributed by atoms with Crippen LogP contribution in [0.1, 0.15) is 43.9 Å². The summed E-state index contributed by atoms with van der Waals surface area (Å²) in [6, 6.07) is 11.2. The van der Waals surface area contributed by atoms with E-state index in [2.05, 4.69) is 15.5 Å². The van der Waals surface area contributed by atoms with Crippen molar-refractivity contribution in [1.29, 1.82) is 0 Å². The molecule has 0 saturated carbocycles. The third kappa shape index (κ3) is 4.51. The molecule has 0 radical (unpaired) electrons. The largest absolute Gasteiger partial charge is 0.339 e. The normalized spacial score (nSPS) is 14.5. The summed E-state index contributed by atoms with van der Waals surface area (Å²) in [6.45, 7) is 1.09. The fourth-order valence-electron chi connectivity index (χ4n) is 3.35. The Kier molecular flexibility index (Phi) is 5.80. The second kappa shape index (κ2) is 8.66. The Morgan fingerprint density at radius 2 is 1.73 bits per heavy atom. The van der Waals surface area contributed by atoms with Crippen LogP contribution in [0.2, 0.25) is 0 Å². The molecule has 9 heteroatoms. The zero-order chi connectivity index (χ0) is 21.1. The van der Waals surface area contributed by atoms with E-state index in [1.807, 2.05) is 0 Å². The highest BCUT2D eigenvalue weighted by atomic mass is 32.1. The van der Waals surface area contributed by atoms with Crippen molar-refractivity contribution in [3.63, 3.8) is 0 Å². The average molecular weight is 428 g/mol. The van der Waals surface area contributed by atoms with Gasteiger partial charge in [-0.1, -0.05) is 17.4 Å². The molecule has 0 atom stereocenters. The van der Waals surface area contributed by atoms with E-state index in [0.717, 1.165) is 5.01 Å². The lowest BCUT2D eigenvalue weighted by atomic mass is 9.97. The van der Waals surface area contributed by atoms with Crippen LogP contribution in [0.3, 0.4) is 0 Å². The molecule has 3 aromatic rings. The summed E-state index contributed by atoms with van der Waals surface area (Å²) in [5.41, 5.74) is 0.812. The molecule has 2 aromatic carbocycles. The van der Waals surface area contributed by atoms with Gasteiger partial charge in [0.1, 0.15) is 16.6 Å². The summed E-state index contributed by atoms with van der Waals surface area (Å²) >= 11 is 1.21. The van der Waals surface area contributed by atoms with Crippen molar-refractivity contribution in [2.75, 3.05) is 18.4 Å². The molecule has 1 saturated heterocycles. The first kappa shape index (κ1) is 20.1. The number of likely N-dealkylation sites (tertiary alicyclic amines) is 1. The third-order valence-corrected chi connectivity index (χ3v) is 6.02. The standard InChI is InChI=1S/C21H18F2N4O2S/c22-15-6-4-14(5-7-15)21(29)27-10-8-13(9-11-27)19-25-26-20(30-19)18(28)24-17-3-1-2-16(23)12-17/h1-7,12-13H,8-11H2,(H,24,28). The highest BCUT2D eigenvalue weighted by Gasteiger charge is 2.27. The van der Waals surface area contributed by atoms with Crippen LogP contribution in [-0.4, -0.2) is 40.0 Å². The van der Waals surface area contributed by atoms with Gasteiger partial charge in [0, 0.05) is 30.3 Å². The molecule has 154 valence electrons. The molecule has 2 amide bonds. The topological polar surface area (TPSA) is 75.2 Å². The van der Waals surface area contributed by atoms with E-state index in [0.29, 0.717) is 37.2 Å². The number of piperidine rings is 1. The van der Waals surface area contributed by atoms with Gasteiger partial charge in [0.25, 0.3) is 11.8 Å². The van der Waals surface area contributed by atoms with Crippen molar-refractivity contribution in [1.82, 2.24) is 15.1 Å². The Hall–Kier alpha value is -3.20. The van der Waals surface area contributed by atoms with Crippen molar-refractivity contribution in [3.05, 3.63) is 75.7 Å². The van der Waals surface area contributed by atoms with E-state index < -0.39 is 11.7 Å². The van der Waals surface area contributed by atoms with Crippen LogP contribution in [0.4, 0.5) is 14.5 Å². The number of benzene rings is 2. The van der Waals surface area contributed by atoms with Crippen LogP contribution in [0.15, 0.2) is 48.5 Å². The highest BCUT2D eigenvalue weighted by molar-refractivity contribution is 7.13. The van der Waals surface area contributed by atoms with Gasteiger partial charge >= 0.3 is 0 Å².